The molecule has 0 fully saturated rings. The molecule has 24 heavy (non-hydrogen) atoms. The maximum Gasteiger partial charge on any atom is 0.262 e. The van der Waals surface area contributed by atoms with Crippen LogP contribution < -0.4 is 15.4 Å². The molecule has 2 N–H and O–H groups in total. The SMILES string of the molecule is CC(=O)Nc1cccc(NC(=O)COc2ccc(F)c(Cl)c2)c1C. The van der Waals surface area contributed by atoms with Gasteiger partial charge in [-0.15, -0.1) is 0 Å². The molecule has 2 rings (SSSR count). The second-order valence-corrected chi connectivity index (χ2v) is 5.48. The summed E-state index contributed by atoms with van der Waals surface area (Å²) in [5.74, 6) is -0.851. The molecule has 0 aromatic heterocycles. The van der Waals surface area contributed by atoms with Crippen molar-refractivity contribution in [2.45, 2.75) is 13.8 Å². The Labute approximate surface area is 143 Å². The second kappa shape index (κ2) is 7.79. The van der Waals surface area contributed by atoms with Crippen molar-refractivity contribution >= 4 is 34.8 Å². The van der Waals surface area contributed by atoms with Gasteiger partial charge in [-0.2, -0.15) is 0 Å². The number of benzene rings is 2. The number of carbonyl (C=O) groups is 2. The van der Waals surface area contributed by atoms with Gasteiger partial charge in [0, 0.05) is 24.4 Å². The zero-order chi connectivity index (χ0) is 17.7. The molecule has 2 amide bonds. The van der Waals surface area contributed by atoms with Crippen LogP contribution in [0.2, 0.25) is 5.02 Å². The van der Waals surface area contributed by atoms with Gasteiger partial charge in [0.15, 0.2) is 6.61 Å². The van der Waals surface area contributed by atoms with Crippen LogP contribution >= 0.6 is 11.6 Å². The average Bonchev–Trinajstić information content (AvgIpc) is 2.52. The van der Waals surface area contributed by atoms with Crippen molar-refractivity contribution in [2.24, 2.45) is 0 Å². The summed E-state index contributed by atoms with van der Waals surface area (Å²) in [6.45, 7) is 2.93. The number of hydrogen-bond acceptors (Lipinski definition) is 3. The normalized spacial score (nSPS) is 10.2. The number of anilines is 2. The molecule has 0 saturated heterocycles. The van der Waals surface area contributed by atoms with E-state index >= 15 is 0 Å². The fourth-order valence-corrected chi connectivity index (χ4v) is 2.17. The summed E-state index contributed by atoms with van der Waals surface area (Å²) in [6, 6.07) is 9.02. The summed E-state index contributed by atoms with van der Waals surface area (Å²) in [7, 11) is 0. The first kappa shape index (κ1) is 17.7. The highest BCUT2D eigenvalue weighted by Gasteiger charge is 2.10. The lowest BCUT2D eigenvalue weighted by molar-refractivity contribution is -0.118. The van der Waals surface area contributed by atoms with E-state index < -0.39 is 11.7 Å². The molecule has 0 radical (unpaired) electrons. The van der Waals surface area contributed by atoms with Gasteiger partial charge in [-0.3, -0.25) is 9.59 Å². The topological polar surface area (TPSA) is 67.4 Å². The van der Waals surface area contributed by atoms with Crippen molar-refractivity contribution in [3.8, 4) is 5.75 Å². The van der Waals surface area contributed by atoms with E-state index in [-0.39, 0.29) is 17.5 Å². The highest BCUT2D eigenvalue weighted by molar-refractivity contribution is 6.30. The number of ether oxygens (including phenoxy) is 1. The maximum absolute atomic E-state index is 13.1. The Hall–Kier alpha value is -2.60. The first-order valence-electron chi connectivity index (χ1n) is 7.11. The molecule has 2 aromatic carbocycles. The Morgan fingerprint density at radius 3 is 2.46 bits per heavy atom. The monoisotopic (exact) mass is 350 g/mol. The molecule has 2 aromatic rings. The number of nitrogens with one attached hydrogen (secondary N) is 2. The number of halogens is 2. The third-order valence-electron chi connectivity index (χ3n) is 3.18. The quantitative estimate of drug-likeness (QED) is 0.862. The summed E-state index contributed by atoms with van der Waals surface area (Å²) in [6.07, 6.45) is 0. The fourth-order valence-electron chi connectivity index (χ4n) is 2.00. The van der Waals surface area contributed by atoms with Crippen molar-refractivity contribution in [1.82, 2.24) is 0 Å². The van der Waals surface area contributed by atoms with E-state index in [0.717, 1.165) is 11.6 Å². The van der Waals surface area contributed by atoms with E-state index in [1.54, 1.807) is 25.1 Å². The minimum absolute atomic E-state index is 0.0771. The molecule has 0 bridgehead atoms. The van der Waals surface area contributed by atoms with Crippen LogP contribution in [0.1, 0.15) is 12.5 Å². The van der Waals surface area contributed by atoms with Gasteiger partial charge in [-0.25, -0.2) is 4.39 Å². The van der Waals surface area contributed by atoms with Crippen LogP contribution in [0.25, 0.3) is 0 Å². The molecule has 0 saturated carbocycles. The van der Waals surface area contributed by atoms with E-state index in [1.165, 1.54) is 19.1 Å². The molecule has 0 aliphatic heterocycles. The summed E-state index contributed by atoms with van der Waals surface area (Å²) in [5.41, 5.74) is 1.91. The van der Waals surface area contributed by atoms with Gasteiger partial charge < -0.3 is 15.4 Å². The zero-order valence-corrected chi connectivity index (χ0v) is 13.9. The van der Waals surface area contributed by atoms with Gasteiger partial charge in [0.1, 0.15) is 11.6 Å². The fraction of sp³-hybridized carbons (Fsp3) is 0.176. The summed E-state index contributed by atoms with van der Waals surface area (Å²) in [5, 5.41) is 5.31. The maximum atomic E-state index is 13.1. The van der Waals surface area contributed by atoms with Crippen molar-refractivity contribution in [2.75, 3.05) is 17.2 Å². The van der Waals surface area contributed by atoms with Crippen molar-refractivity contribution in [3.05, 3.63) is 52.8 Å². The minimum Gasteiger partial charge on any atom is -0.484 e. The van der Waals surface area contributed by atoms with Crippen LogP contribution in [0.5, 0.6) is 5.75 Å². The first-order chi connectivity index (χ1) is 11.4. The minimum atomic E-state index is -0.557. The molecule has 0 heterocycles. The molecular weight excluding hydrogens is 335 g/mol. The lowest BCUT2D eigenvalue weighted by atomic mass is 10.1. The molecule has 0 unspecified atom stereocenters. The Morgan fingerprint density at radius 1 is 1.17 bits per heavy atom. The molecule has 0 aliphatic carbocycles. The third kappa shape index (κ3) is 4.70. The van der Waals surface area contributed by atoms with Gasteiger partial charge in [0.25, 0.3) is 5.91 Å². The number of carbonyl (C=O) groups excluding carboxylic acids is 2. The Bertz CT molecular complexity index is 780. The van der Waals surface area contributed by atoms with Crippen LogP contribution in [-0.2, 0) is 9.59 Å². The van der Waals surface area contributed by atoms with Crippen LogP contribution in [0.15, 0.2) is 36.4 Å². The van der Waals surface area contributed by atoms with Gasteiger partial charge in [-0.1, -0.05) is 17.7 Å². The number of rotatable bonds is 5. The molecular formula is C17H16ClFN2O3. The van der Waals surface area contributed by atoms with Gasteiger partial charge in [-0.05, 0) is 36.8 Å². The molecule has 0 aliphatic rings. The molecule has 5 nitrogen and oxygen atoms in total. The van der Waals surface area contributed by atoms with Crippen molar-refractivity contribution < 1.29 is 18.7 Å². The average molecular weight is 351 g/mol. The Morgan fingerprint density at radius 2 is 1.83 bits per heavy atom. The molecule has 0 spiro atoms. The standard InChI is InChI=1S/C17H16ClFN2O3/c1-10-15(20-11(2)22)4-3-5-16(10)21-17(23)9-24-12-6-7-14(19)13(18)8-12/h3-8H,9H2,1-2H3,(H,20,22)(H,21,23). The Balaban J connectivity index is 1.99. The Kier molecular flexibility index (Phi) is 5.76. The summed E-state index contributed by atoms with van der Waals surface area (Å²) < 4.78 is 18.3. The van der Waals surface area contributed by atoms with Gasteiger partial charge in [0.05, 0.1) is 5.02 Å². The third-order valence-corrected chi connectivity index (χ3v) is 3.47. The van der Waals surface area contributed by atoms with Crippen LogP contribution in [-0.4, -0.2) is 18.4 Å². The smallest absolute Gasteiger partial charge is 0.262 e. The number of amides is 2. The number of hydrogen-bond donors (Lipinski definition) is 2. The molecule has 7 heteroatoms. The zero-order valence-electron chi connectivity index (χ0n) is 13.2. The lowest BCUT2D eigenvalue weighted by Crippen LogP contribution is -2.21. The summed E-state index contributed by atoms with van der Waals surface area (Å²) in [4.78, 5) is 23.1. The molecule has 0 atom stereocenters. The summed E-state index contributed by atoms with van der Waals surface area (Å²) >= 11 is 5.65. The van der Waals surface area contributed by atoms with Crippen LogP contribution in [0.4, 0.5) is 15.8 Å². The highest BCUT2D eigenvalue weighted by Crippen LogP contribution is 2.24. The predicted molar refractivity (Wildman–Crippen MR) is 91.0 cm³/mol. The second-order valence-electron chi connectivity index (χ2n) is 5.07. The van der Waals surface area contributed by atoms with E-state index in [0.29, 0.717) is 17.1 Å². The van der Waals surface area contributed by atoms with Crippen molar-refractivity contribution in [1.29, 1.82) is 0 Å². The van der Waals surface area contributed by atoms with E-state index in [1.807, 2.05) is 0 Å². The highest BCUT2D eigenvalue weighted by atomic mass is 35.5. The van der Waals surface area contributed by atoms with Gasteiger partial charge >= 0.3 is 0 Å². The van der Waals surface area contributed by atoms with E-state index in [4.69, 9.17) is 16.3 Å². The lowest BCUT2D eigenvalue weighted by Gasteiger charge is -2.13. The predicted octanol–water partition coefficient (Wildman–Crippen LogP) is 3.76. The first-order valence-corrected chi connectivity index (χ1v) is 7.49. The van der Waals surface area contributed by atoms with Gasteiger partial charge in [0.2, 0.25) is 5.91 Å². The van der Waals surface area contributed by atoms with Crippen molar-refractivity contribution in [3.63, 3.8) is 0 Å². The van der Waals surface area contributed by atoms with E-state index in [9.17, 15) is 14.0 Å². The molecule has 126 valence electrons. The van der Waals surface area contributed by atoms with E-state index in [2.05, 4.69) is 10.6 Å². The van der Waals surface area contributed by atoms with Crippen LogP contribution in [0.3, 0.4) is 0 Å². The largest absolute Gasteiger partial charge is 0.484 e. The van der Waals surface area contributed by atoms with Crippen LogP contribution in [0, 0.1) is 12.7 Å².